The van der Waals surface area contributed by atoms with Crippen molar-refractivity contribution in [2.75, 3.05) is 6.61 Å². The Morgan fingerprint density at radius 3 is 2.27 bits per heavy atom. The topological polar surface area (TPSA) is 124 Å². The molecule has 1 atom stereocenters. The van der Waals surface area contributed by atoms with E-state index >= 15 is 0 Å². The van der Waals surface area contributed by atoms with Gasteiger partial charge in [-0.1, -0.05) is 12.8 Å². The molecule has 6 N–H and O–H groups in total. The highest BCUT2D eigenvalue weighted by Gasteiger charge is 2.32. The number of aliphatic carboxylic acids is 1. The lowest BCUT2D eigenvalue weighted by Gasteiger charge is -2.23. The van der Waals surface area contributed by atoms with E-state index in [0.29, 0.717) is 12.8 Å². The first-order valence-corrected chi connectivity index (χ1v) is 4.91. The fourth-order valence-electron chi connectivity index (χ4n) is 1.31. The van der Waals surface area contributed by atoms with Crippen LogP contribution in [-0.4, -0.2) is 45.5 Å². The Morgan fingerprint density at radius 2 is 1.87 bits per heavy atom. The summed E-state index contributed by atoms with van der Waals surface area (Å²) in [6, 6.07) is 0. The van der Waals surface area contributed by atoms with Crippen LogP contribution in [0.5, 0.6) is 0 Å². The zero-order valence-electron chi connectivity index (χ0n) is 8.59. The van der Waals surface area contributed by atoms with E-state index in [9.17, 15) is 4.79 Å². The quantitative estimate of drug-likeness (QED) is 0.258. The molecule has 6 nitrogen and oxygen atoms in total. The Morgan fingerprint density at radius 1 is 1.27 bits per heavy atom. The third-order valence-electron chi connectivity index (χ3n) is 2.32. The summed E-state index contributed by atoms with van der Waals surface area (Å²) in [6.45, 7) is -0.272. The van der Waals surface area contributed by atoms with Crippen LogP contribution in [0.2, 0.25) is 6.32 Å². The Hall–Kier alpha value is -0.625. The van der Waals surface area contributed by atoms with Crippen molar-refractivity contribution in [3.8, 4) is 0 Å². The molecule has 0 amide bonds. The minimum absolute atomic E-state index is 0.00398. The van der Waals surface area contributed by atoms with E-state index in [1.54, 1.807) is 0 Å². The second-order valence-corrected chi connectivity index (χ2v) is 3.66. The highest BCUT2D eigenvalue weighted by atomic mass is 16.4. The van der Waals surface area contributed by atoms with Gasteiger partial charge in [0.1, 0.15) is 5.54 Å². The maximum Gasteiger partial charge on any atom is 0.451 e. The molecule has 0 aliphatic carbocycles. The summed E-state index contributed by atoms with van der Waals surface area (Å²) >= 11 is 0. The van der Waals surface area contributed by atoms with Crippen LogP contribution in [0.1, 0.15) is 25.7 Å². The molecule has 0 aliphatic heterocycles. The number of carboxylic acid groups (broad SMARTS) is 1. The lowest BCUT2D eigenvalue weighted by atomic mass is 9.81. The van der Waals surface area contributed by atoms with Gasteiger partial charge in [-0.05, 0) is 19.2 Å². The predicted molar refractivity (Wildman–Crippen MR) is 55.1 cm³/mol. The van der Waals surface area contributed by atoms with E-state index in [1.165, 1.54) is 0 Å². The molecule has 0 heterocycles. The van der Waals surface area contributed by atoms with Gasteiger partial charge in [0, 0.05) is 6.61 Å². The fourth-order valence-corrected chi connectivity index (χ4v) is 1.31. The average molecular weight is 219 g/mol. The van der Waals surface area contributed by atoms with E-state index in [1.807, 2.05) is 0 Å². The average Bonchev–Trinajstić information content (AvgIpc) is 2.12. The number of rotatable bonds is 8. The van der Waals surface area contributed by atoms with Crippen molar-refractivity contribution >= 4 is 13.1 Å². The summed E-state index contributed by atoms with van der Waals surface area (Å²) in [5.74, 6) is -1.14. The SMILES string of the molecule is N[C@@](CCO)(CCCCB(O)O)C(=O)O. The smallest absolute Gasteiger partial charge is 0.451 e. The van der Waals surface area contributed by atoms with Crippen LogP contribution >= 0.6 is 0 Å². The van der Waals surface area contributed by atoms with Crippen molar-refractivity contribution in [3.63, 3.8) is 0 Å². The molecular weight excluding hydrogens is 201 g/mol. The molecular formula is C8H18BNO5. The van der Waals surface area contributed by atoms with Crippen LogP contribution in [0.25, 0.3) is 0 Å². The van der Waals surface area contributed by atoms with Crippen LogP contribution < -0.4 is 5.73 Å². The van der Waals surface area contributed by atoms with Gasteiger partial charge in [-0.2, -0.15) is 0 Å². The van der Waals surface area contributed by atoms with Gasteiger partial charge >= 0.3 is 13.1 Å². The minimum Gasteiger partial charge on any atom is -0.480 e. The second-order valence-electron chi connectivity index (χ2n) is 3.66. The highest BCUT2D eigenvalue weighted by molar-refractivity contribution is 6.40. The zero-order chi connectivity index (χ0) is 11.9. The van der Waals surface area contributed by atoms with Gasteiger partial charge in [0.2, 0.25) is 0 Å². The van der Waals surface area contributed by atoms with Crippen molar-refractivity contribution in [1.82, 2.24) is 0 Å². The second kappa shape index (κ2) is 6.78. The summed E-state index contributed by atoms with van der Waals surface area (Å²) in [4.78, 5) is 10.8. The lowest BCUT2D eigenvalue weighted by molar-refractivity contribution is -0.144. The number of carbonyl (C=O) groups is 1. The van der Waals surface area contributed by atoms with Gasteiger partial charge < -0.3 is 26.0 Å². The fraction of sp³-hybridized carbons (Fsp3) is 0.875. The summed E-state index contributed by atoms with van der Waals surface area (Å²) in [5.41, 5.74) is 4.18. The Labute approximate surface area is 88.9 Å². The van der Waals surface area contributed by atoms with E-state index in [0.717, 1.165) is 0 Å². The van der Waals surface area contributed by atoms with Crippen LogP contribution in [0.3, 0.4) is 0 Å². The van der Waals surface area contributed by atoms with Crippen LogP contribution in [0.4, 0.5) is 0 Å². The molecule has 0 aromatic carbocycles. The number of unbranched alkanes of at least 4 members (excludes halogenated alkanes) is 1. The summed E-state index contributed by atoms with van der Waals surface area (Å²) in [7, 11) is -1.36. The molecule has 0 unspecified atom stereocenters. The molecule has 0 bridgehead atoms. The predicted octanol–water partition coefficient (Wildman–Crippen LogP) is -1.21. The number of carboxylic acids is 1. The van der Waals surface area contributed by atoms with Crippen molar-refractivity contribution < 1.29 is 25.1 Å². The van der Waals surface area contributed by atoms with E-state index < -0.39 is 18.6 Å². The van der Waals surface area contributed by atoms with Crippen molar-refractivity contribution in [2.45, 2.75) is 37.5 Å². The zero-order valence-corrected chi connectivity index (χ0v) is 8.59. The van der Waals surface area contributed by atoms with Crippen molar-refractivity contribution in [1.29, 1.82) is 0 Å². The molecule has 88 valence electrons. The molecule has 15 heavy (non-hydrogen) atoms. The molecule has 0 rings (SSSR count). The van der Waals surface area contributed by atoms with E-state index in [-0.39, 0.29) is 25.8 Å². The summed E-state index contributed by atoms with van der Waals surface area (Å²) in [5, 5.41) is 34.6. The Balaban J connectivity index is 3.92. The molecule has 0 saturated heterocycles. The van der Waals surface area contributed by atoms with Crippen LogP contribution in [0.15, 0.2) is 0 Å². The third kappa shape index (κ3) is 5.73. The lowest BCUT2D eigenvalue weighted by Crippen LogP contribution is -2.48. The van der Waals surface area contributed by atoms with Gasteiger partial charge in [-0.25, -0.2) is 0 Å². The molecule has 0 aromatic heterocycles. The maximum atomic E-state index is 10.8. The number of hydrogen-bond acceptors (Lipinski definition) is 5. The standard InChI is InChI=1S/C8H18BNO5/c10-8(4-6-11,7(12)13)3-1-2-5-9(14)15/h11,14-15H,1-6,10H2,(H,12,13)/t8-/m1/s1. The minimum atomic E-state index is -1.41. The summed E-state index contributed by atoms with van der Waals surface area (Å²) < 4.78 is 0. The molecule has 0 fully saturated rings. The van der Waals surface area contributed by atoms with E-state index in [2.05, 4.69) is 0 Å². The molecule has 0 aromatic rings. The van der Waals surface area contributed by atoms with Gasteiger partial charge in [0.25, 0.3) is 0 Å². The molecule has 0 aliphatic rings. The first-order valence-electron chi connectivity index (χ1n) is 4.91. The monoisotopic (exact) mass is 219 g/mol. The molecule has 0 saturated carbocycles. The first-order chi connectivity index (χ1) is 6.92. The summed E-state index contributed by atoms with van der Waals surface area (Å²) in [6.07, 6.45) is 1.41. The van der Waals surface area contributed by atoms with Gasteiger partial charge in [-0.3, -0.25) is 4.79 Å². The number of nitrogens with two attached hydrogens (primary N) is 1. The van der Waals surface area contributed by atoms with E-state index in [4.69, 9.17) is 26.0 Å². The molecule has 0 radical (unpaired) electrons. The highest BCUT2D eigenvalue weighted by Crippen LogP contribution is 2.17. The maximum absolute atomic E-state index is 10.8. The number of hydrogen-bond donors (Lipinski definition) is 5. The Kier molecular flexibility index (Phi) is 6.50. The van der Waals surface area contributed by atoms with Crippen molar-refractivity contribution in [2.24, 2.45) is 5.73 Å². The van der Waals surface area contributed by atoms with Gasteiger partial charge in [0.05, 0.1) is 0 Å². The van der Waals surface area contributed by atoms with Gasteiger partial charge in [0.15, 0.2) is 0 Å². The normalized spacial score (nSPS) is 14.7. The Bertz CT molecular complexity index is 201. The molecule has 7 heteroatoms. The van der Waals surface area contributed by atoms with Crippen LogP contribution in [-0.2, 0) is 4.79 Å². The van der Waals surface area contributed by atoms with Crippen molar-refractivity contribution in [3.05, 3.63) is 0 Å². The molecule has 0 spiro atoms. The van der Waals surface area contributed by atoms with Crippen LogP contribution in [0, 0.1) is 0 Å². The third-order valence-corrected chi connectivity index (χ3v) is 2.32. The van der Waals surface area contributed by atoms with Gasteiger partial charge in [-0.15, -0.1) is 0 Å². The largest absolute Gasteiger partial charge is 0.480 e. The first kappa shape index (κ1) is 14.4. The number of aliphatic hydroxyl groups excluding tert-OH is 1. The number of aliphatic hydroxyl groups is 1.